The van der Waals surface area contributed by atoms with Crippen LogP contribution in [-0.4, -0.2) is 19.5 Å². The van der Waals surface area contributed by atoms with Crippen molar-refractivity contribution in [1.29, 1.82) is 0 Å². The Kier molecular flexibility index (Phi) is 4.13. The van der Waals surface area contributed by atoms with Crippen molar-refractivity contribution in [3.05, 3.63) is 61.2 Å². The normalized spacial score (nSPS) is 14.2. The molecule has 0 atom stereocenters. The lowest BCUT2D eigenvalue weighted by molar-refractivity contribution is 0.617. The molecule has 5 rings (SSSR count). The molecule has 0 saturated heterocycles. The lowest BCUT2D eigenvalue weighted by atomic mass is 10.2. The van der Waals surface area contributed by atoms with Crippen LogP contribution in [0, 0.1) is 13.8 Å². The molecule has 6 nitrogen and oxygen atoms in total. The van der Waals surface area contributed by atoms with Gasteiger partial charge in [-0.25, -0.2) is 9.97 Å². The summed E-state index contributed by atoms with van der Waals surface area (Å²) in [5, 5.41) is 2.01. The van der Waals surface area contributed by atoms with Crippen molar-refractivity contribution in [2.75, 3.05) is 0 Å². The number of hydrogen-bond acceptors (Lipinski definition) is 6. The van der Waals surface area contributed by atoms with E-state index >= 15 is 0 Å². The van der Waals surface area contributed by atoms with Gasteiger partial charge in [-0.15, -0.1) is 11.3 Å². The van der Waals surface area contributed by atoms with Gasteiger partial charge in [-0.05, 0) is 44.4 Å². The van der Waals surface area contributed by atoms with Crippen LogP contribution in [0.5, 0.6) is 0 Å². The lowest BCUT2D eigenvalue weighted by Crippen LogP contribution is -2.22. The zero-order valence-electron chi connectivity index (χ0n) is 15.5. The van der Waals surface area contributed by atoms with Crippen LogP contribution in [-0.2, 0) is 5.75 Å². The molecule has 3 aromatic heterocycles. The number of fused-ring (bicyclic) bond motifs is 2. The number of aromatic amines is 1. The number of hydrogen-bond donors (Lipinski definition) is 1. The summed E-state index contributed by atoms with van der Waals surface area (Å²) in [4.78, 5) is 39.6. The number of thioether (sulfide) groups is 1. The summed E-state index contributed by atoms with van der Waals surface area (Å²) < 4.78 is 1.81. The van der Waals surface area contributed by atoms with E-state index in [0.717, 1.165) is 28.1 Å². The molecular formula is C20H18N4O2S2. The Morgan fingerprint density at radius 1 is 1.21 bits per heavy atom. The van der Waals surface area contributed by atoms with Crippen LogP contribution in [0.4, 0.5) is 0 Å². The molecule has 142 valence electrons. The Bertz CT molecular complexity index is 1350. The highest BCUT2D eigenvalue weighted by molar-refractivity contribution is 7.98. The van der Waals surface area contributed by atoms with E-state index in [1.54, 1.807) is 0 Å². The molecular weight excluding hydrogens is 392 g/mol. The number of benzene rings is 1. The highest BCUT2D eigenvalue weighted by Crippen LogP contribution is 2.37. The zero-order valence-corrected chi connectivity index (χ0v) is 17.1. The van der Waals surface area contributed by atoms with E-state index in [9.17, 15) is 9.59 Å². The minimum atomic E-state index is -0.103. The Hall–Kier alpha value is -2.45. The van der Waals surface area contributed by atoms with Crippen molar-refractivity contribution in [3.8, 4) is 0 Å². The number of H-pyrrole nitrogens is 1. The summed E-state index contributed by atoms with van der Waals surface area (Å²) in [5.41, 5.74) is 1.60. The van der Waals surface area contributed by atoms with Gasteiger partial charge in [0.25, 0.3) is 11.1 Å². The van der Waals surface area contributed by atoms with Crippen LogP contribution in [0.15, 0.2) is 39.0 Å². The van der Waals surface area contributed by atoms with Gasteiger partial charge in [-0.2, -0.15) is 0 Å². The number of para-hydroxylation sites is 1. The smallest absolute Gasteiger partial charge is 0.262 e. The fourth-order valence-electron chi connectivity index (χ4n) is 3.38. The van der Waals surface area contributed by atoms with E-state index in [1.165, 1.54) is 23.1 Å². The average Bonchev–Trinajstić information content (AvgIpc) is 3.46. The molecule has 0 aliphatic heterocycles. The molecule has 0 bridgehead atoms. The topological polar surface area (TPSA) is 80.6 Å². The lowest BCUT2D eigenvalue weighted by Gasteiger charge is -2.12. The number of thiophene rings is 1. The molecule has 0 amide bonds. The molecule has 1 N–H and O–H groups in total. The predicted octanol–water partition coefficient (Wildman–Crippen LogP) is 3.94. The molecule has 1 fully saturated rings. The molecule has 1 saturated carbocycles. The molecule has 0 unspecified atom stereocenters. The van der Waals surface area contributed by atoms with Gasteiger partial charge in [0.05, 0.1) is 22.0 Å². The monoisotopic (exact) mass is 410 g/mol. The number of rotatable bonds is 4. The fourth-order valence-corrected chi connectivity index (χ4v) is 5.37. The highest BCUT2D eigenvalue weighted by Gasteiger charge is 2.28. The van der Waals surface area contributed by atoms with Gasteiger partial charge < -0.3 is 4.98 Å². The van der Waals surface area contributed by atoms with Gasteiger partial charge in [0.15, 0.2) is 5.16 Å². The third kappa shape index (κ3) is 2.87. The first kappa shape index (κ1) is 17.6. The second kappa shape index (κ2) is 6.56. The van der Waals surface area contributed by atoms with E-state index in [0.29, 0.717) is 33.0 Å². The zero-order chi connectivity index (χ0) is 19.4. The van der Waals surface area contributed by atoms with E-state index in [4.69, 9.17) is 4.98 Å². The fraction of sp³-hybridized carbons (Fsp3) is 0.300. The second-order valence-electron chi connectivity index (χ2n) is 7.08. The molecule has 8 heteroatoms. The van der Waals surface area contributed by atoms with Crippen molar-refractivity contribution in [1.82, 2.24) is 19.5 Å². The van der Waals surface area contributed by atoms with Crippen molar-refractivity contribution in [3.63, 3.8) is 0 Å². The van der Waals surface area contributed by atoms with Crippen LogP contribution >= 0.6 is 23.1 Å². The first-order valence-corrected chi connectivity index (χ1v) is 11.0. The minimum absolute atomic E-state index is 0.0111. The Labute approximate surface area is 168 Å². The highest BCUT2D eigenvalue weighted by atomic mass is 32.2. The quantitative estimate of drug-likeness (QED) is 0.407. The van der Waals surface area contributed by atoms with E-state index in [-0.39, 0.29) is 17.2 Å². The molecule has 1 aliphatic rings. The summed E-state index contributed by atoms with van der Waals surface area (Å²) in [6.07, 6.45) is 2.00. The summed E-state index contributed by atoms with van der Waals surface area (Å²) in [6.45, 7) is 3.95. The molecule has 0 spiro atoms. The number of nitrogens with one attached hydrogen (secondary N) is 1. The third-order valence-electron chi connectivity index (χ3n) is 5.11. The van der Waals surface area contributed by atoms with Gasteiger partial charge in [0.1, 0.15) is 10.7 Å². The van der Waals surface area contributed by atoms with Crippen LogP contribution in [0.3, 0.4) is 0 Å². The summed E-state index contributed by atoms with van der Waals surface area (Å²) in [5.74, 6) is 1.06. The Morgan fingerprint density at radius 2 is 2.00 bits per heavy atom. The van der Waals surface area contributed by atoms with Gasteiger partial charge >= 0.3 is 0 Å². The first-order valence-electron chi connectivity index (χ1n) is 9.16. The number of aryl methyl sites for hydroxylation is 2. The summed E-state index contributed by atoms with van der Waals surface area (Å²) in [7, 11) is 0. The van der Waals surface area contributed by atoms with Crippen molar-refractivity contribution < 1.29 is 0 Å². The summed E-state index contributed by atoms with van der Waals surface area (Å²) in [6, 6.07) is 7.67. The van der Waals surface area contributed by atoms with Crippen LogP contribution in [0.2, 0.25) is 0 Å². The maximum atomic E-state index is 12.9. The first-order chi connectivity index (χ1) is 13.5. The number of nitrogens with zero attached hydrogens (tertiary/aromatic N) is 3. The second-order valence-corrected chi connectivity index (χ2v) is 9.23. The molecule has 28 heavy (non-hydrogen) atoms. The van der Waals surface area contributed by atoms with Crippen LogP contribution < -0.4 is 11.1 Å². The minimum Gasteiger partial charge on any atom is -0.309 e. The van der Waals surface area contributed by atoms with E-state index in [1.807, 2.05) is 42.7 Å². The van der Waals surface area contributed by atoms with Crippen molar-refractivity contribution in [2.24, 2.45) is 0 Å². The molecule has 1 aliphatic carbocycles. The van der Waals surface area contributed by atoms with Gasteiger partial charge in [-0.3, -0.25) is 14.2 Å². The van der Waals surface area contributed by atoms with Gasteiger partial charge in [-0.1, -0.05) is 23.9 Å². The van der Waals surface area contributed by atoms with E-state index in [2.05, 4.69) is 9.97 Å². The van der Waals surface area contributed by atoms with Crippen molar-refractivity contribution >= 4 is 44.2 Å². The third-order valence-corrected chi connectivity index (χ3v) is 7.18. The average molecular weight is 411 g/mol. The standard InChI is InChI=1S/C20H18N4O2S2/c1-10-11(2)28-18-16(10)17(25)22-15(23-18)9-27-20-21-14-6-4-3-5-13(14)19(26)24(20)12-7-8-12/h3-6,12H,7-9H2,1-2H3,(H,22,23,25). The SMILES string of the molecule is Cc1sc2nc(CSc3nc4ccccc4c(=O)n3C3CC3)[nH]c(=O)c2c1C. The van der Waals surface area contributed by atoms with Crippen LogP contribution in [0.25, 0.3) is 21.1 Å². The largest absolute Gasteiger partial charge is 0.309 e. The Balaban J connectivity index is 1.54. The molecule has 3 heterocycles. The maximum absolute atomic E-state index is 12.9. The summed E-state index contributed by atoms with van der Waals surface area (Å²) >= 11 is 2.99. The van der Waals surface area contributed by atoms with Crippen LogP contribution in [0.1, 0.15) is 35.1 Å². The molecule has 1 aromatic carbocycles. The molecule has 0 radical (unpaired) electrons. The van der Waals surface area contributed by atoms with Gasteiger partial charge in [0.2, 0.25) is 0 Å². The maximum Gasteiger partial charge on any atom is 0.262 e. The predicted molar refractivity (Wildman–Crippen MR) is 114 cm³/mol. The van der Waals surface area contributed by atoms with Gasteiger partial charge in [0, 0.05) is 10.9 Å². The Morgan fingerprint density at radius 3 is 2.79 bits per heavy atom. The van der Waals surface area contributed by atoms with Crippen molar-refractivity contribution in [2.45, 2.75) is 43.6 Å². The molecule has 4 aromatic rings. The number of aromatic nitrogens is 4. The van der Waals surface area contributed by atoms with E-state index < -0.39 is 0 Å².